The Morgan fingerprint density at radius 1 is 1.45 bits per heavy atom. The number of rotatable bonds is 6. The zero-order valence-electron chi connectivity index (χ0n) is 13.0. The van der Waals surface area contributed by atoms with Gasteiger partial charge in [-0.1, -0.05) is 6.07 Å². The molecule has 6 heteroatoms. The average molecular weight is 308 g/mol. The molecule has 1 fully saturated rings. The van der Waals surface area contributed by atoms with E-state index in [1.807, 2.05) is 0 Å². The summed E-state index contributed by atoms with van der Waals surface area (Å²) in [6.07, 6.45) is 4.10. The third-order valence-corrected chi connectivity index (χ3v) is 4.39. The second kappa shape index (κ2) is 7.56. The second-order valence-electron chi connectivity index (χ2n) is 5.99. The fourth-order valence-electron chi connectivity index (χ4n) is 2.99. The van der Waals surface area contributed by atoms with Crippen LogP contribution in [0.25, 0.3) is 0 Å². The molecule has 2 heterocycles. The van der Waals surface area contributed by atoms with Gasteiger partial charge in [-0.3, -0.25) is 9.59 Å². The molecule has 0 spiro atoms. The van der Waals surface area contributed by atoms with Crippen molar-refractivity contribution in [2.45, 2.75) is 25.8 Å². The van der Waals surface area contributed by atoms with E-state index in [2.05, 4.69) is 0 Å². The van der Waals surface area contributed by atoms with Crippen LogP contribution in [-0.4, -0.2) is 53.9 Å². The van der Waals surface area contributed by atoms with Gasteiger partial charge in [0, 0.05) is 44.5 Å². The molecule has 0 bridgehead atoms. The molecule has 1 aromatic heterocycles. The van der Waals surface area contributed by atoms with Gasteiger partial charge in [0.2, 0.25) is 5.91 Å². The lowest BCUT2D eigenvalue weighted by molar-refractivity contribution is -0.136. The number of methoxy groups -OCH3 is 1. The quantitative estimate of drug-likeness (QED) is 0.830. The predicted molar refractivity (Wildman–Crippen MR) is 82.5 cm³/mol. The standard InChI is InChI=1S/C16H24N2O4/c1-22-10-7-16(13-19)6-4-9-18(12-16)15(21)11-17-8-3-2-5-14(17)20/h2-3,5,8,19H,4,6-7,9-13H2,1H3/t16-/m1/s1. The topological polar surface area (TPSA) is 71.8 Å². The Hall–Kier alpha value is -1.66. The zero-order valence-corrected chi connectivity index (χ0v) is 13.0. The van der Waals surface area contributed by atoms with Crippen molar-refractivity contribution in [3.05, 3.63) is 34.7 Å². The molecular formula is C16H24N2O4. The second-order valence-corrected chi connectivity index (χ2v) is 5.99. The van der Waals surface area contributed by atoms with Gasteiger partial charge in [0.25, 0.3) is 5.56 Å². The van der Waals surface area contributed by atoms with Gasteiger partial charge < -0.3 is 19.3 Å². The maximum absolute atomic E-state index is 12.5. The molecule has 0 radical (unpaired) electrons. The summed E-state index contributed by atoms with van der Waals surface area (Å²) in [5.41, 5.74) is -0.466. The SMILES string of the molecule is COCC[C@]1(CO)CCCN(C(=O)Cn2ccccc2=O)C1. The van der Waals surface area contributed by atoms with Gasteiger partial charge in [-0.05, 0) is 25.3 Å². The number of carbonyl (C=O) groups excluding carboxylic acids is 1. The first kappa shape index (κ1) is 16.7. The van der Waals surface area contributed by atoms with E-state index in [1.165, 1.54) is 10.6 Å². The number of aromatic nitrogens is 1. The molecule has 0 aromatic carbocycles. The van der Waals surface area contributed by atoms with E-state index in [-0.39, 0.29) is 30.0 Å². The van der Waals surface area contributed by atoms with Crippen molar-refractivity contribution in [2.75, 3.05) is 33.4 Å². The van der Waals surface area contributed by atoms with Crippen LogP contribution < -0.4 is 5.56 Å². The number of amides is 1. The van der Waals surface area contributed by atoms with Crippen LogP contribution in [0, 0.1) is 5.41 Å². The number of pyridine rings is 1. The Morgan fingerprint density at radius 3 is 2.95 bits per heavy atom. The fourth-order valence-corrected chi connectivity index (χ4v) is 2.99. The van der Waals surface area contributed by atoms with E-state index < -0.39 is 0 Å². The van der Waals surface area contributed by atoms with Crippen LogP contribution in [0.1, 0.15) is 19.3 Å². The lowest BCUT2D eigenvalue weighted by Crippen LogP contribution is -2.49. The third kappa shape index (κ3) is 3.96. The average Bonchev–Trinajstić information content (AvgIpc) is 2.55. The van der Waals surface area contributed by atoms with Crippen LogP contribution in [-0.2, 0) is 16.1 Å². The molecule has 0 unspecified atom stereocenters. The molecule has 22 heavy (non-hydrogen) atoms. The summed E-state index contributed by atoms with van der Waals surface area (Å²) in [4.78, 5) is 25.9. The summed E-state index contributed by atoms with van der Waals surface area (Å²) in [5.74, 6) is -0.0803. The summed E-state index contributed by atoms with van der Waals surface area (Å²) < 4.78 is 6.53. The molecule has 122 valence electrons. The van der Waals surface area contributed by atoms with Crippen molar-refractivity contribution < 1.29 is 14.6 Å². The molecule has 1 N–H and O–H groups in total. The van der Waals surface area contributed by atoms with Crippen LogP contribution in [0.15, 0.2) is 29.2 Å². The predicted octanol–water partition coefficient (Wildman–Crippen LogP) is 0.486. The molecule has 2 rings (SSSR count). The van der Waals surface area contributed by atoms with E-state index in [9.17, 15) is 14.7 Å². The molecule has 1 saturated heterocycles. The van der Waals surface area contributed by atoms with Gasteiger partial charge in [0.05, 0.1) is 6.61 Å². The van der Waals surface area contributed by atoms with Gasteiger partial charge in [-0.2, -0.15) is 0 Å². The van der Waals surface area contributed by atoms with Gasteiger partial charge in [-0.15, -0.1) is 0 Å². The first-order chi connectivity index (χ1) is 10.6. The smallest absolute Gasteiger partial charge is 0.250 e. The largest absolute Gasteiger partial charge is 0.396 e. The Labute approximate surface area is 130 Å². The van der Waals surface area contributed by atoms with E-state index in [0.717, 1.165) is 19.3 Å². The normalized spacial score (nSPS) is 21.8. The molecule has 1 atom stereocenters. The van der Waals surface area contributed by atoms with Crippen molar-refractivity contribution >= 4 is 5.91 Å². The number of likely N-dealkylation sites (tertiary alicyclic amines) is 1. The van der Waals surface area contributed by atoms with Crippen molar-refractivity contribution in [3.8, 4) is 0 Å². The summed E-state index contributed by atoms with van der Waals surface area (Å²) in [5, 5.41) is 9.75. The Bertz CT molecular complexity index is 557. The molecule has 1 aliphatic rings. The van der Waals surface area contributed by atoms with Gasteiger partial charge in [-0.25, -0.2) is 0 Å². The minimum absolute atomic E-state index is 0.0470. The lowest BCUT2D eigenvalue weighted by atomic mass is 9.78. The van der Waals surface area contributed by atoms with Gasteiger partial charge in [0.1, 0.15) is 6.54 Å². The molecule has 0 aliphatic carbocycles. The minimum Gasteiger partial charge on any atom is -0.396 e. The number of carbonyl (C=O) groups is 1. The molecule has 6 nitrogen and oxygen atoms in total. The summed E-state index contributed by atoms with van der Waals surface area (Å²) in [6, 6.07) is 4.84. The van der Waals surface area contributed by atoms with Crippen LogP contribution in [0.2, 0.25) is 0 Å². The van der Waals surface area contributed by atoms with E-state index in [1.54, 1.807) is 30.3 Å². The monoisotopic (exact) mass is 308 g/mol. The number of nitrogens with zero attached hydrogens (tertiary/aromatic N) is 2. The fraction of sp³-hybridized carbons (Fsp3) is 0.625. The highest BCUT2D eigenvalue weighted by atomic mass is 16.5. The summed E-state index contributed by atoms with van der Waals surface area (Å²) >= 11 is 0. The summed E-state index contributed by atoms with van der Waals surface area (Å²) in [6.45, 7) is 1.86. The molecule has 0 saturated carbocycles. The first-order valence-corrected chi connectivity index (χ1v) is 7.63. The number of aliphatic hydroxyl groups excluding tert-OH is 1. The zero-order chi connectivity index (χ0) is 16.0. The number of hydrogen-bond acceptors (Lipinski definition) is 4. The van der Waals surface area contributed by atoms with Crippen molar-refractivity contribution in [1.82, 2.24) is 9.47 Å². The molecule has 1 amide bonds. The summed E-state index contributed by atoms with van der Waals surface area (Å²) in [7, 11) is 1.64. The van der Waals surface area contributed by atoms with Crippen molar-refractivity contribution in [1.29, 1.82) is 0 Å². The molecule has 1 aromatic rings. The maximum Gasteiger partial charge on any atom is 0.250 e. The number of hydrogen-bond donors (Lipinski definition) is 1. The first-order valence-electron chi connectivity index (χ1n) is 7.63. The Balaban J connectivity index is 2.03. The van der Waals surface area contributed by atoms with E-state index >= 15 is 0 Å². The van der Waals surface area contributed by atoms with Crippen LogP contribution in [0.4, 0.5) is 0 Å². The Kier molecular flexibility index (Phi) is 5.74. The molecular weight excluding hydrogens is 284 g/mol. The third-order valence-electron chi connectivity index (χ3n) is 4.39. The van der Waals surface area contributed by atoms with Crippen molar-refractivity contribution in [2.24, 2.45) is 5.41 Å². The van der Waals surface area contributed by atoms with E-state index in [4.69, 9.17) is 4.74 Å². The van der Waals surface area contributed by atoms with Crippen LogP contribution >= 0.6 is 0 Å². The number of piperidine rings is 1. The van der Waals surface area contributed by atoms with E-state index in [0.29, 0.717) is 19.7 Å². The minimum atomic E-state index is -0.286. The van der Waals surface area contributed by atoms with Crippen LogP contribution in [0.3, 0.4) is 0 Å². The lowest BCUT2D eigenvalue weighted by Gasteiger charge is -2.42. The number of ether oxygens (including phenoxy) is 1. The number of aliphatic hydroxyl groups is 1. The van der Waals surface area contributed by atoms with Gasteiger partial charge >= 0.3 is 0 Å². The van der Waals surface area contributed by atoms with Crippen molar-refractivity contribution in [3.63, 3.8) is 0 Å². The Morgan fingerprint density at radius 2 is 2.27 bits per heavy atom. The highest BCUT2D eigenvalue weighted by Crippen LogP contribution is 2.33. The van der Waals surface area contributed by atoms with Crippen LogP contribution in [0.5, 0.6) is 0 Å². The highest BCUT2D eigenvalue weighted by Gasteiger charge is 2.36. The maximum atomic E-state index is 12.5. The highest BCUT2D eigenvalue weighted by molar-refractivity contribution is 5.76. The molecule has 1 aliphatic heterocycles. The van der Waals surface area contributed by atoms with Gasteiger partial charge in [0.15, 0.2) is 0 Å².